The minimum Gasteiger partial charge on any atom is -0.481 e. The maximum atomic E-state index is 11.3. The predicted molar refractivity (Wildman–Crippen MR) is 70.0 cm³/mol. The van der Waals surface area contributed by atoms with Crippen molar-refractivity contribution in [3.05, 3.63) is 22.6 Å². The van der Waals surface area contributed by atoms with E-state index in [2.05, 4.69) is 4.98 Å². The summed E-state index contributed by atoms with van der Waals surface area (Å²) < 4.78 is 1.59. The summed E-state index contributed by atoms with van der Waals surface area (Å²) in [6, 6.07) is 1.26. The second-order valence-corrected chi connectivity index (χ2v) is 5.50. The molecule has 0 aliphatic rings. The van der Waals surface area contributed by atoms with Crippen LogP contribution in [-0.4, -0.2) is 32.3 Å². The van der Waals surface area contributed by atoms with Gasteiger partial charge in [0.25, 0.3) is 5.56 Å². The van der Waals surface area contributed by atoms with Crippen LogP contribution >= 0.6 is 11.8 Å². The van der Waals surface area contributed by atoms with Crippen LogP contribution in [0.2, 0.25) is 0 Å². The highest BCUT2D eigenvalue weighted by molar-refractivity contribution is 7.99. The van der Waals surface area contributed by atoms with E-state index < -0.39 is 23.0 Å². The van der Waals surface area contributed by atoms with Crippen LogP contribution in [-0.2, 0) is 15.1 Å². The van der Waals surface area contributed by atoms with Gasteiger partial charge in [0, 0.05) is 24.2 Å². The summed E-state index contributed by atoms with van der Waals surface area (Å²) in [5, 5.41) is 8.92. The average molecular weight is 285 g/mol. The molecule has 7 nitrogen and oxygen atoms in total. The van der Waals surface area contributed by atoms with E-state index in [1.807, 2.05) is 0 Å². The van der Waals surface area contributed by atoms with E-state index in [1.54, 1.807) is 18.4 Å². The second-order valence-electron chi connectivity index (χ2n) is 4.56. The molecule has 0 saturated heterocycles. The second kappa shape index (κ2) is 5.87. The van der Waals surface area contributed by atoms with Crippen molar-refractivity contribution in [1.82, 2.24) is 9.55 Å². The van der Waals surface area contributed by atoms with E-state index in [1.165, 1.54) is 12.3 Å². The number of hydrogen-bond acceptors (Lipinski definition) is 5. The molecule has 0 saturated carbocycles. The Bertz CT molecular complexity index is 553. The van der Waals surface area contributed by atoms with Crippen molar-refractivity contribution in [2.45, 2.75) is 31.0 Å². The predicted octanol–water partition coefficient (Wildman–Crippen LogP) is 0.0305. The number of nitrogens with zero attached hydrogens (tertiary/aromatic N) is 2. The number of rotatable bonds is 6. The number of aromatic nitrogens is 2. The van der Waals surface area contributed by atoms with E-state index in [4.69, 9.17) is 10.8 Å². The lowest BCUT2D eigenvalue weighted by molar-refractivity contribution is -0.134. The summed E-state index contributed by atoms with van der Waals surface area (Å²) in [6.45, 7) is 3.52. The van der Waals surface area contributed by atoms with Crippen molar-refractivity contribution >= 4 is 23.6 Å². The molecule has 0 atom stereocenters. The summed E-state index contributed by atoms with van der Waals surface area (Å²) in [5.74, 6) is -1.72. The SMILES string of the molecule is CC(C)(CC(N)=O)n1ccc(=O)nc1SCC(=O)O. The number of primary amides is 1. The first-order valence-corrected chi connectivity index (χ1v) is 6.44. The lowest BCUT2D eigenvalue weighted by Crippen LogP contribution is -2.34. The first-order chi connectivity index (χ1) is 8.72. The molecule has 0 spiro atoms. The Balaban J connectivity index is 3.15. The van der Waals surface area contributed by atoms with Crippen molar-refractivity contribution in [2.24, 2.45) is 5.73 Å². The van der Waals surface area contributed by atoms with Gasteiger partial charge in [0.05, 0.1) is 5.75 Å². The molecule has 0 aliphatic heterocycles. The molecule has 104 valence electrons. The smallest absolute Gasteiger partial charge is 0.313 e. The van der Waals surface area contributed by atoms with E-state index in [-0.39, 0.29) is 17.3 Å². The van der Waals surface area contributed by atoms with Crippen LogP contribution in [0.4, 0.5) is 0 Å². The van der Waals surface area contributed by atoms with Crippen molar-refractivity contribution in [3.63, 3.8) is 0 Å². The summed E-state index contributed by atoms with van der Waals surface area (Å²) in [6.07, 6.45) is 1.54. The molecule has 1 amide bonds. The number of carbonyl (C=O) groups excluding carboxylic acids is 1. The molecule has 0 radical (unpaired) electrons. The van der Waals surface area contributed by atoms with Crippen molar-refractivity contribution in [2.75, 3.05) is 5.75 Å². The number of aliphatic carboxylic acids is 1. The molecule has 0 unspecified atom stereocenters. The average Bonchev–Trinajstić information content (AvgIpc) is 2.24. The van der Waals surface area contributed by atoms with Crippen LogP contribution in [0.5, 0.6) is 0 Å². The van der Waals surface area contributed by atoms with E-state index in [9.17, 15) is 14.4 Å². The van der Waals surface area contributed by atoms with Crippen LogP contribution in [0.1, 0.15) is 20.3 Å². The summed E-state index contributed by atoms with van der Waals surface area (Å²) >= 11 is 0.923. The Morgan fingerprint density at radius 1 is 1.53 bits per heavy atom. The lowest BCUT2D eigenvalue weighted by atomic mass is 10.0. The standard InChI is InChI=1S/C11H15N3O4S/c1-11(2,5-7(12)15)14-4-3-8(16)13-10(14)19-6-9(17)18/h3-4H,5-6H2,1-2H3,(H2,12,15)(H,17,18). The fraction of sp³-hybridized carbons (Fsp3) is 0.455. The van der Waals surface area contributed by atoms with Gasteiger partial charge in [-0.3, -0.25) is 14.4 Å². The summed E-state index contributed by atoms with van der Waals surface area (Å²) in [4.78, 5) is 36.7. The van der Waals surface area contributed by atoms with Gasteiger partial charge in [-0.25, -0.2) is 0 Å². The summed E-state index contributed by atoms with van der Waals surface area (Å²) in [7, 11) is 0. The van der Waals surface area contributed by atoms with Gasteiger partial charge < -0.3 is 15.4 Å². The molecule has 1 heterocycles. The fourth-order valence-corrected chi connectivity index (χ4v) is 2.44. The molecule has 0 aliphatic carbocycles. The van der Waals surface area contributed by atoms with Gasteiger partial charge in [0.15, 0.2) is 5.16 Å². The zero-order chi connectivity index (χ0) is 14.6. The van der Waals surface area contributed by atoms with E-state index >= 15 is 0 Å². The largest absolute Gasteiger partial charge is 0.481 e. The molecule has 1 aromatic rings. The van der Waals surface area contributed by atoms with Crippen LogP contribution in [0.15, 0.2) is 22.2 Å². The number of thioether (sulfide) groups is 1. The molecular formula is C11H15N3O4S. The monoisotopic (exact) mass is 285 g/mol. The minimum absolute atomic E-state index is 0.0538. The maximum absolute atomic E-state index is 11.3. The van der Waals surface area contributed by atoms with Gasteiger partial charge in [-0.05, 0) is 13.8 Å². The zero-order valence-electron chi connectivity index (χ0n) is 10.6. The van der Waals surface area contributed by atoms with Gasteiger partial charge in [0.2, 0.25) is 5.91 Å². The highest BCUT2D eigenvalue weighted by Gasteiger charge is 2.25. The fourth-order valence-electron chi connectivity index (χ4n) is 1.59. The quantitative estimate of drug-likeness (QED) is 0.563. The molecule has 0 aromatic carbocycles. The molecule has 19 heavy (non-hydrogen) atoms. The topological polar surface area (TPSA) is 115 Å². The number of amides is 1. The number of carboxylic acid groups (broad SMARTS) is 1. The first-order valence-electron chi connectivity index (χ1n) is 5.45. The highest BCUT2D eigenvalue weighted by atomic mass is 32.2. The van der Waals surface area contributed by atoms with Gasteiger partial charge in [0.1, 0.15) is 0 Å². The Morgan fingerprint density at radius 3 is 2.68 bits per heavy atom. The Hall–Kier alpha value is -1.83. The molecule has 3 N–H and O–H groups in total. The number of hydrogen-bond donors (Lipinski definition) is 2. The van der Waals surface area contributed by atoms with Gasteiger partial charge in [-0.2, -0.15) is 4.98 Å². The summed E-state index contributed by atoms with van der Waals surface area (Å²) in [5.41, 5.74) is 4.04. The molecular weight excluding hydrogens is 270 g/mol. The Labute approximate surface area is 113 Å². The first kappa shape index (κ1) is 15.2. The van der Waals surface area contributed by atoms with Crippen LogP contribution in [0.25, 0.3) is 0 Å². The number of carboxylic acids is 1. The zero-order valence-corrected chi connectivity index (χ0v) is 11.4. The van der Waals surface area contributed by atoms with Crippen LogP contribution in [0, 0.1) is 0 Å². The highest BCUT2D eigenvalue weighted by Crippen LogP contribution is 2.25. The number of nitrogens with two attached hydrogens (primary N) is 1. The third kappa shape index (κ3) is 4.40. The van der Waals surface area contributed by atoms with Crippen molar-refractivity contribution < 1.29 is 14.7 Å². The third-order valence-corrected chi connectivity index (χ3v) is 3.30. The lowest BCUT2D eigenvalue weighted by Gasteiger charge is -2.28. The third-order valence-electron chi connectivity index (χ3n) is 2.36. The van der Waals surface area contributed by atoms with Crippen molar-refractivity contribution in [3.8, 4) is 0 Å². The van der Waals surface area contributed by atoms with Gasteiger partial charge in [-0.1, -0.05) is 11.8 Å². The molecule has 0 fully saturated rings. The minimum atomic E-state index is -1.01. The molecule has 0 bridgehead atoms. The van der Waals surface area contributed by atoms with Crippen LogP contribution in [0.3, 0.4) is 0 Å². The normalized spacial score (nSPS) is 11.3. The Kier molecular flexibility index (Phi) is 4.71. The molecule has 1 rings (SSSR count). The Morgan fingerprint density at radius 2 is 2.16 bits per heavy atom. The van der Waals surface area contributed by atoms with Crippen LogP contribution < -0.4 is 11.3 Å². The van der Waals surface area contributed by atoms with E-state index in [0.717, 1.165) is 11.8 Å². The van der Waals surface area contributed by atoms with Gasteiger partial charge >= 0.3 is 5.97 Å². The van der Waals surface area contributed by atoms with Crippen molar-refractivity contribution in [1.29, 1.82) is 0 Å². The number of carbonyl (C=O) groups is 2. The van der Waals surface area contributed by atoms with Gasteiger partial charge in [-0.15, -0.1) is 0 Å². The molecule has 1 aromatic heterocycles. The molecule has 8 heteroatoms. The maximum Gasteiger partial charge on any atom is 0.313 e. The van der Waals surface area contributed by atoms with E-state index in [0.29, 0.717) is 0 Å².